The Balaban J connectivity index is 2.02. The number of carboxylic acid groups (broad SMARTS) is 1. The first-order valence-electron chi connectivity index (χ1n) is 7.52. The van der Waals surface area contributed by atoms with E-state index in [1.807, 2.05) is 0 Å². The third kappa shape index (κ3) is 3.99. The molecule has 0 saturated carbocycles. The molecule has 0 bridgehead atoms. The lowest BCUT2D eigenvalue weighted by molar-refractivity contribution is -0.187. The summed E-state index contributed by atoms with van der Waals surface area (Å²) in [5.74, 6) is -1.44. The van der Waals surface area contributed by atoms with Gasteiger partial charge in [0.05, 0.1) is 10.6 Å². The van der Waals surface area contributed by atoms with Crippen molar-refractivity contribution in [3.05, 3.63) is 57.1 Å². The second-order valence-corrected chi connectivity index (χ2v) is 6.62. The van der Waals surface area contributed by atoms with Gasteiger partial charge in [0, 0.05) is 16.7 Å². The number of alkyl halides is 3. The Morgan fingerprint density at radius 3 is 2.48 bits per heavy atom. The molecular weight excluding hydrogens is 408 g/mol. The molecule has 4 nitrogen and oxygen atoms in total. The molecule has 27 heavy (non-hydrogen) atoms. The second-order valence-electron chi connectivity index (χ2n) is 5.78. The fourth-order valence-corrected chi connectivity index (χ4v) is 2.98. The summed E-state index contributed by atoms with van der Waals surface area (Å²) in [4.78, 5) is 11.2. The maximum atomic E-state index is 13.2. The summed E-state index contributed by atoms with van der Waals surface area (Å²) in [7, 11) is 0. The molecule has 0 amide bonds. The molecule has 1 unspecified atom stereocenters. The zero-order valence-corrected chi connectivity index (χ0v) is 15.1. The van der Waals surface area contributed by atoms with Crippen molar-refractivity contribution in [2.45, 2.75) is 19.2 Å². The second kappa shape index (κ2) is 6.98. The van der Waals surface area contributed by atoms with Crippen molar-refractivity contribution in [2.75, 3.05) is 0 Å². The summed E-state index contributed by atoms with van der Waals surface area (Å²) < 4.78 is 50.1. The van der Waals surface area contributed by atoms with E-state index in [0.717, 1.165) is 6.08 Å². The van der Waals surface area contributed by atoms with E-state index in [9.17, 15) is 18.0 Å². The van der Waals surface area contributed by atoms with Crippen LogP contribution in [0.5, 0.6) is 17.2 Å². The Hall–Kier alpha value is -2.38. The lowest BCUT2D eigenvalue weighted by atomic mass is 10.0. The van der Waals surface area contributed by atoms with Crippen molar-refractivity contribution < 1.29 is 32.5 Å². The highest BCUT2D eigenvalue weighted by Crippen LogP contribution is 2.43. The predicted octanol–water partition coefficient (Wildman–Crippen LogP) is 5.89. The molecule has 1 N–H and O–H groups in total. The van der Waals surface area contributed by atoms with Gasteiger partial charge in [-0.1, -0.05) is 23.2 Å². The summed E-state index contributed by atoms with van der Waals surface area (Å²) in [6, 6.07) is 7.32. The summed E-state index contributed by atoms with van der Waals surface area (Å²) in [6.07, 6.45) is -6.59. The van der Waals surface area contributed by atoms with E-state index in [1.165, 1.54) is 12.1 Å². The van der Waals surface area contributed by atoms with Crippen LogP contribution in [0.25, 0.3) is 6.08 Å². The van der Waals surface area contributed by atoms with Crippen LogP contribution in [0.2, 0.25) is 10.0 Å². The van der Waals surface area contributed by atoms with Crippen molar-refractivity contribution >= 4 is 35.2 Å². The molecule has 3 rings (SSSR count). The number of carboxylic acids is 1. The minimum absolute atomic E-state index is 0.0638. The third-order valence-corrected chi connectivity index (χ3v) is 4.33. The van der Waals surface area contributed by atoms with E-state index < -0.39 is 23.8 Å². The molecule has 1 atom stereocenters. The largest absolute Gasteiger partial charge is 0.478 e. The predicted molar refractivity (Wildman–Crippen MR) is 93.8 cm³/mol. The molecule has 0 saturated heterocycles. The van der Waals surface area contributed by atoms with Gasteiger partial charge in [-0.15, -0.1) is 0 Å². The Bertz CT molecular complexity index is 954. The number of hydrogen-bond acceptors (Lipinski definition) is 3. The van der Waals surface area contributed by atoms with Crippen LogP contribution in [-0.4, -0.2) is 23.4 Å². The number of hydrogen-bond donors (Lipinski definition) is 1. The minimum Gasteiger partial charge on any atom is -0.478 e. The molecule has 0 spiro atoms. The van der Waals surface area contributed by atoms with Gasteiger partial charge in [-0.2, -0.15) is 13.2 Å². The molecule has 2 aromatic rings. The Kier molecular flexibility index (Phi) is 5.01. The molecule has 0 radical (unpaired) electrons. The lowest BCUT2D eigenvalue weighted by Gasteiger charge is -2.27. The highest BCUT2D eigenvalue weighted by molar-refractivity contribution is 6.32. The first kappa shape index (κ1) is 19.4. The van der Waals surface area contributed by atoms with Gasteiger partial charge in [0.25, 0.3) is 0 Å². The highest BCUT2D eigenvalue weighted by atomic mass is 35.5. The van der Waals surface area contributed by atoms with E-state index in [2.05, 4.69) is 0 Å². The number of halogens is 5. The van der Waals surface area contributed by atoms with Crippen LogP contribution in [0, 0.1) is 6.92 Å². The molecule has 2 aromatic carbocycles. The summed E-state index contributed by atoms with van der Waals surface area (Å²) in [5.41, 5.74) is -0.121. The van der Waals surface area contributed by atoms with Gasteiger partial charge >= 0.3 is 12.1 Å². The van der Waals surface area contributed by atoms with Crippen molar-refractivity contribution in [1.29, 1.82) is 0 Å². The fraction of sp³-hybridized carbons (Fsp3) is 0.167. The molecule has 1 aliphatic rings. The molecule has 9 heteroatoms. The van der Waals surface area contributed by atoms with Gasteiger partial charge in [0.15, 0.2) is 0 Å². The van der Waals surface area contributed by atoms with E-state index in [0.29, 0.717) is 16.3 Å². The number of aryl methyl sites for hydroxylation is 1. The Morgan fingerprint density at radius 1 is 1.19 bits per heavy atom. The van der Waals surface area contributed by atoms with Crippen molar-refractivity contribution in [3.8, 4) is 17.2 Å². The van der Waals surface area contributed by atoms with Gasteiger partial charge in [-0.05, 0) is 42.8 Å². The monoisotopic (exact) mass is 418 g/mol. The topological polar surface area (TPSA) is 55.8 Å². The van der Waals surface area contributed by atoms with Crippen LogP contribution in [0.3, 0.4) is 0 Å². The van der Waals surface area contributed by atoms with Crippen molar-refractivity contribution in [3.63, 3.8) is 0 Å². The van der Waals surface area contributed by atoms with Gasteiger partial charge < -0.3 is 14.6 Å². The molecule has 142 valence electrons. The smallest absolute Gasteiger partial charge is 0.430 e. The number of aliphatic carboxylic acids is 1. The number of fused-ring (bicyclic) bond motifs is 1. The van der Waals surface area contributed by atoms with E-state index in [-0.39, 0.29) is 22.1 Å². The van der Waals surface area contributed by atoms with E-state index >= 15 is 0 Å². The first-order chi connectivity index (χ1) is 12.6. The van der Waals surface area contributed by atoms with Crippen LogP contribution in [0.15, 0.2) is 35.9 Å². The van der Waals surface area contributed by atoms with Gasteiger partial charge in [-0.3, -0.25) is 0 Å². The maximum Gasteiger partial charge on any atom is 0.430 e. The lowest BCUT2D eigenvalue weighted by Crippen LogP contribution is -2.40. The Labute approximate surface area is 161 Å². The Morgan fingerprint density at radius 2 is 1.89 bits per heavy atom. The molecule has 0 aliphatic carbocycles. The van der Waals surface area contributed by atoms with Crippen LogP contribution in [-0.2, 0) is 4.79 Å². The van der Waals surface area contributed by atoms with Crippen LogP contribution in [0.1, 0.15) is 11.1 Å². The average Bonchev–Trinajstić information content (AvgIpc) is 2.55. The zero-order chi connectivity index (χ0) is 19.9. The fourth-order valence-electron chi connectivity index (χ4n) is 2.54. The number of carbonyl (C=O) groups is 1. The normalized spacial score (nSPS) is 16.2. The number of benzene rings is 2. The summed E-state index contributed by atoms with van der Waals surface area (Å²) >= 11 is 12.0. The van der Waals surface area contributed by atoms with Gasteiger partial charge in [0.2, 0.25) is 6.10 Å². The van der Waals surface area contributed by atoms with Crippen molar-refractivity contribution in [1.82, 2.24) is 0 Å². The zero-order valence-electron chi connectivity index (χ0n) is 13.6. The van der Waals surface area contributed by atoms with Crippen molar-refractivity contribution in [2.24, 2.45) is 0 Å². The van der Waals surface area contributed by atoms with E-state index in [1.54, 1.807) is 25.1 Å². The number of ether oxygens (including phenoxy) is 2. The molecule has 1 heterocycles. The summed E-state index contributed by atoms with van der Waals surface area (Å²) in [6.45, 7) is 1.74. The van der Waals surface area contributed by atoms with E-state index in [4.69, 9.17) is 37.8 Å². The summed E-state index contributed by atoms with van der Waals surface area (Å²) in [5, 5.41) is 9.63. The standard InChI is InChI=1S/C18H11Cl2F3O4/c1-8-4-10(19)2-3-13(8)26-15-7-14-9(6-12(15)20)5-11(17(24)25)16(27-14)18(21,22)23/h2-7,16H,1H3,(H,24,25). The quantitative estimate of drug-likeness (QED) is 0.675. The highest BCUT2D eigenvalue weighted by Gasteiger charge is 2.48. The molecule has 1 aliphatic heterocycles. The molecular formula is C18H11Cl2F3O4. The van der Waals surface area contributed by atoms with Gasteiger partial charge in [0.1, 0.15) is 17.2 Å². The SMILES string of the molecule is Cc1cc(Cl)ccc1Oc1cc2c(cc1Cl)C=C(C(=O)O)C(C(F)(F)F)O2. The maximum absolute atomic E-state index is 13.2. The average molecular weight is 419 g/mol. The first-order valence-corrected chi connectivity index (χ1v) is 8.27. The third-order valence-electron chi connectivity index (χ3n) is 3.80. The van der Waals surface area contributed by atoms with Crippen LogP contribution >= 0.6 is 23.2 Å². The van der Waals surface area contributed by atoms with Crippen LogP contribution in [0.4, 0.5) is 13.2 Å². The number of rotatable bonds is 3. The molecule has 0 aromatic heterocycles. The minimum atomic E-state index is -4.89. The van der Waals surface area contributed by atoms with Gasteiger partial charge in [-0.25, -0.2) is 4.79 Å². The van der Waals surface area contributed by atoms with Crippen LogP contribution < -0.4 is 9.47 Å². The molecule has 0 fully saturated rings.